The average Bonchev–Trinajstić information content (AvgIpc) is 3.20. The van der Waals surface area contributed by atoms with Crippen LogP contribution in [0.1, 0.15) is 44.5 Å². The fourth-order valence-electron chi connectivity index (χ4n) is 2.68. The summed E-state index contributed by atoms with van der Waals surface area (Å²) in [5, 5.41) is 10.1. The quantitative estimate of drug-likeness (QED) is 0.902. The number of nitrogens with one attached hydrogen (secondary N) is 2. The van der Waals surface area contributed by atoms with Crippen molar-refractivity contribution in [3.63, 3.8) is 0 Å². The van der Waals surface area contributed by atoms with Gasteiger partial charge in [-0.1, -0.05) is 12.8 Å². The highest BCUT2D eigenvalue weighted by atomic mass is 16.1. The summed E-state index contributed by atoms with van der Waals surface area (Å²) in [5.41, 5.74) is 0.856. The van der Waals surface area contributed by atoms with E-state index in [9.17, 15) is 4.79 Å². The van der Waals surface area contributed by atoms with Crippen molar-refractivity contribution in [3.05, 3.63) is 30.4 Å². The first-order valence-corrected chi connectivity index (χ1v) is 7.37. The van der Waals surface area contributed by atoms with Gasteiger partial charge in [0.25, 0.3) is 0 Å². The zero-order valence-corrected chi connectivity index (χ0v) is 12.0. The molecule has 3 rings (SSSR count). The fraction of sp³-hybridized carbons (Fsp3) is 0.467. The Morgan fingerprint density at radius 2 is 2.24 bits per heavy atom. The third kappa shape index (κ3) is 3.09. The number of amides is 1. The molecule has 1 amide bonds. The van der Waals surface area contributed by atoms with Gasteiger partial charge in [0.15, 0.2) is 5.82 Å². The second-order valence-electron chi connectivity index (χ2n) is 5.50. The van der Waals surface area contributed by atoms with Crippen LogP contribution in [0.4, 0.5) is 0 Å². The van der Waals surface area contributed by atoms with E-state index in [0.29, 0.717) is 11.6 Å². The largest absolute Gasteiger partial charge is 0.346 e. The third-order valence-corrected chi connectivity index (χ3v) is 3.92. The molecule has 6 nitrogen and oxygen atoms in total. The Bertz CT molecular complexity index is 604. The first-order chi connectivity index (χ1) is 10.2. The van der Waals surface area contributed by atoms with Crippen LogP contribution in [0.2, 0.25) is 0 Å². The van der Waals surface area contributed by atoms with Crippen LogP contribution < -0.4 is 5.32 Å². The van der Waals surface area contributed by atoms with Gasteiger partial charge in [-0.05, 0) is 31.9 Å². The zero-order chi connectivity index (χ0) is 14.7. The predicted molar refractivity (Wildman–Crippen MR) is 78.1 cm³/mol. The van der Waals surface area contributed by atoms with Gasteiger partial charge in [-0.25, -0.2) is 4.98 Å². The van der Waals surface area contributed by atoms with Crippen LogP contribution in [-0.4, -0.2) is 26.1 Å². The molecule has 1 saturated carbocycles. The Kier molecular flexibility index (Phi) is 3.94. The molecule has 0 aliphatic heterocycles. The molecule has 1 aliphatic rings. The second-order valence-corrected chi connectivity index (χ2v) is 5.50. The van der Waals surface area contributed by atoms with Crippen molar-refractivity contribution >= 4 is 5.91 Å². The van der Waals surface area contributed by atoms with Crippen molar-refractivity contribution in [3.8, 4) is 11.4 Å². The summed E-state index contributed by atoms with van der Waals surface area (Å²) in [5.74, 6) is 1.55. The average molecular weight is 285 g/mol. The second kappa shape index (κ2) is 6.03. The van der Waals surface area contributed by atoms with Crippen LogP contribution in [0, 0.1) is 5.92 Å². The Morgan fingerprint density at radius 1 is 1.43 bits per heavy atom. The Labute approximate surface area is 123 Å². The van der Waals surface area contributed by atoms with Gasteiger partial charge in [0.1, 0.15) is 5.82 Å². The standard InChI is InChI=1S/C15H19N5O/c1-10(17-15(21)11-5-2-3-6-11)13-18-14(20-19-13)12-7-4-8-16-9-12/h4,7-11H,2-3,5-6H2,1H3,(H,17,21)(H,18,19,20). The number of pyridine rings is 1. The molecule has 6 heteroatoms. The topological polar surface area (TPSA) is 83.6 Å². The molecule has 0 saturated heterocycles. The minimum absolute atomic E-state index is 0.124. The molecule has 2 aromatic heterocycles. The molecule has 0 radical (unpaired) electrons. The van der Waals surface area contributed by atoms with Crippen molar-refractivity contribution in [1.82, 2.24) is 25.5 Å². The first kappa shape index (κ1) is 13.7. The lowest BCUT2D eigenvalue weighted by Crippen LogP contribution is -2.32. The first-order valence-electron chi connectivity index (χ1n) is 7.37. The number of hydrogen-bond acceptors (Lipinski definition) is 4. The molecule has 1 aliphatic carbocycles. The van der Waals surface area contributed by atoms with E-state index in [2.05, 4.69) is 25.5 Å². The molecule has 0 aromatic carbocycles. The molecule has 1 unspecified atom stereocenters. The molecule has 2 heterocycles. The van der Waals surface area contributed by atoms with E-state index in [-0.39, 0.29) is 17.9 Å². The van der Waals surface area contributed by atoms with Crippen LogP contribution in [-0.2, 0) is 4.79 Å². The molecule has 1 atom stereocenters. The summed E-state index contributed by atoms with van der Waals surface area (Å²) < 4.78 is 0. The summed E-state index contributed by atoms with van der Waals surface area (Å²) >= 11 is 0. The highest BCUT2D eigenvalue weighted by molar-refractivity contribution is 5.79. The van der Waals surface area contributed by atoms with E-state index in [4.69, 9.17) is 0 Å². The van der Waals surface area contributed by atoms with Gasteiger partial charge in [0.2, 0.25) is 5.91 Å². The molecular weight excluding hydrogens is 266 g/mol. The van der Waals surface area contributed by atoms with Crippen molar-refractivity contribution < 1.29 is 4.79 Å². The van der Waals surface area contributed by atoms with E-state index >= 15 is 0 Å². The summed E-state index contributed by atoms with van der Waals surface area (Å²) in [7, 11) is 0. The SMILES string of the molecule is CC(NC(=O)C1CCCC1)c1nc(-c2cccnc2)n[nH]1. The summed E-state index contributed by atoms with van der Waals surface area (Å²) in [6, 6.07) is 3.58. The van der Waals surface area contributed by atoms with Gasteiger partial charge in [0, 0.05) is 23.9 Å². The van der Waals surface area contributed by atoms with E-state index in [1.807, 2.05) is 19.1 Å². The lowest BCUT2D eigenvalue weighted by atomic mass is 10.1. The number of aromatic nitrogens is 4. The van der Waals surface area contributed by atoms with Crippen molar-refractivity contribution in [2.24, 2.45) is 5.92 Å². The van der Waals surface area contributed by atoms with Crippen LogP contribution >= 0.6 is 0 Å². The Hall–Kier alpha value is -2.24. The number of hydrogen-bond donors (Lipinski definition) is 2. The highest BCUT2D eigenvalue weighted by Crippen LogP contribution is 2.25. The number of rotatable bonds is 4. The minimum Gasteiger partial charge on any atom is -0.346 e. The van der Waals surface area contributed by atoms with Crippen molar-refractivity contribution in [1.29, 1.82) is 0 Å². The van der Waals surface area contributed by atoms with Crippen molar-refractivity contribution in [2.45, 2.75) is 38.6 Å². The molecule has 2 aromatic rings. The van der Waals surface area contributed by atoms with Gasteiger partial charge in [0.05, 0.1) is 6.04 Å². The van der Waals surface area contributed by atoms with E-state index in [0.717, 1.165) is 31.2 Å². The maximum absolute atomic E-state index is 12.1. The monoisotopic (exact) mass is 285 g/mol. The number of carbonyl (C=O) groups is 1. The molecule has 110 valence electrons. The van der Waals surface area contributed by atoms with Gasteiger partial charge in [-0.3, -0.25) is 14.9 Å². The fourth-order valence-corrected chi connectivity index (χ4v) is 2.68. The summed E-state index contributed by atoms with van der Waals surface area (Å²) in [6.07, 6.45) is 7.72. The summed E-state index contributed by atoms with van der Waals surface area (Å²) in [6.45, 7) is 1.92. The molecular formula is C15H19N5O. The number of aromatic amines is 1. The number of carbonyl (C=O) groups excluding carboxylic acids is 1. The van der Waals surface area contributed by atoms with Crippen LogP contribution in [0.5, 0.6) is 0 Å². The maximum Gasteiger partial charge on any atom is 0.223 e. The Balaban J connectivity index is 1.66. The molecule has 0 spiro atoms. The molecule has 0 bridgehead atoms. The predicted octanol–water partition coefficient (Wildman–Crippen LogP) is 2.23. The van der Waals surface area contributed by atoms with Gasteiger partial charge in [-0.15, -0.1) is 0 Å². The summed E-state index contributed by atoms with van der Waals surface area (Å²) in [4.78, 5) is 20.6. The number of nitrogens with zero attached hydrogens (tertiary/aromatic N) is 3. The molecule has 1 fully saturated rings. The van der Waals surface area contributed by atoms with E-state index in [1.165, 1.54) is 0 Å². The Morgan fingerprint density at radius 3 is 2.95 bits per heavy atom. The van der Waals surface area contributed by atoms with Crippen molar-refractivity contribution in [2.75, 3.05) is 0 Å². The van der Waals surface area contributed by atoms with E-state index in [1.54, 1.807) is 12.4 Å². The van der Waals surface area contributed by atoms with Crippen LogP contribution in [0.15, 0.2) is 24.5 Å². The van der Waals surface area contributed by atoms with Gasteiger partial charge in [-0.2, -0.15) is 5.10 Å². The zero-order valence-electron chi connectivity index (χ0n) is 12.0. The third-order valence-electron chi connectivity index (χ3n) is 3.92. The highest BCUT2D eigenvalue weighted by Gasteiger charge is 2.24. The molecule has 2 N–H and O–H groups in total. The van der Waals surface area contributed by atoms with Gasteiger partial charge < -0.3 is 5.32 Å². The lowest BCUT2D eigenvalue weighted by molar-refractivity contribution is -0.125. The van der Waals surface area contributed by atoms with E-state index < -0.39 is 0 Å². The lowest BCUT2D eigenvalue weighted by Gasteiger charge is -2.14. The smallest absolute Gasteiger partial charge is 0.223 e. The van der Waals surface area contributed by atoms with Crippen LogP contribution in [0.25, 0.3) is 11.4 Å². The minimum atomic E-state index is -0.170. The van der Waals surface area contributed by atoms with Crippen LogP contribution in [0.3, 0.4) is 0 Å². The maximum atomic E-state index is 12.1. The normalized spacial score (nSPS) is 16.8. The molecule has 21 heavy (non-hydrogen) atoms. The number of H-pyrrole nitrogens is 1. The van der Waals surface area contributed by atoms with Gasteiger partial charge >= 0.3 is 0 Å².